The van der Waals surface area contributed by atoms with Gasteiger partial charge >= 0.3 is 0 Å². The maximum atomic E-state index is 13.7. The first-order valence-corrected chi connectivity index (χ1v) is 11.2. The van der Waals surface area contributed by atoms with Gasteiger partial charge in [0.05, 0.1) is 12.6 Å². The number of likely N-dealkylation sites (tertiary alicyclic amines) is 1. The number of methoxy groups -OCH3 is 1. The van der Waals surface area contributed by atoms with Crippen molar-refractivity contribution in [2.45, 2.75) is 68.9 Å². The van der Waals surface area contributed by atoms with E-state index in [9.17, 15) is 13.9 Å². The van der Waals surface area contributed by atoms with Crippen molar-refractivity contribution in [2.24, 2.45) is 16.1 Å². The Morgan fingerprint density at radius 2 is 2.00 bits per heavy atom. The average Bonchev–Trinajstić information content (AvgIpc) is 3.30. The minimum atomic E-state index is -2.61. The van der Waals surface area contributed by atoms with Gasteiger partial charge in [-0.25, -0.2) is 13.8 Å². The van der Waals surface area contributed by atoms with Gasteiger partial charge in [-0.3, -0.25) is 4.90 Å². The zero-order valence-electron chi connectivity index (χ0n) is 18.3. The van der Waals surface area contributed by atoms with E-state index in [0.717, 1.165) is 43.2 Å². The standard InChI is InChI=1S/C23H32F2N4O2/c1-28-19(30)23(27-20(28)26)18-11-15(13-29-10-9-22(24,25)14-29)3-4-16(18)12-21(23)7-5-17(31-2)6-8-21/h3-4,11,17,19,30H,5-10,12-14H2,1-2H3,(H2,26,27). The lowest BCUT2D eigenvalue weighted by Crippen LogP contribution is -2.54. The molecule has 0 amide bonds. The fourth-order valence-electron chi connectivity index (χ4n) is 6.47. The number of fused-ring (bicyclic) bond motifs is 3. The van der Waals surface area contributed by atoms with Gasteiger partial charge in [0, 0.05) is 39.1 Å². The SMILES string of the molecule is COC1CCC2(CC1)Cc1ccc(CN3CCC(F)(F)C3)cc1C21N=C(N)N(C)C1O. The Balaban J connectivity index is 1.53. The van der Waals surface area contributed by atoms with E-state index in [1.54, 1.807) is 24.0 Å². The predicted octanol–water partition coefficient (Wildman–Crippen LogP) is 2.43. The lowest BCUT2D eigenvalue weighted by Gasteiger charge is -2.48. The molecule has 6 nitrogen and oxygen atoms in total. The van der Waals surface area contributed by atoms with Crippen LogP contribution in [0.1, 0.15) is 48.8 Å². The highest BCUT2D eigenvalue weighted by Crippen LogP contribution is 2.63. The molecule has 3 N–H and O–H groups in total. The number of halogens is 2. The molecule has 1 saturated carbocycles. The number of hydrogen-bond donors (Lipinski definition) is 2. The van der Waals surface area contributed by atoms with E-state index in [0.29, 0.717) is 19.0 Å². The van der Waals surface area contributed by atoms with E-state index < -0.39 is 17.7 Å². The first kappa shape index (κ1) is 21.1. The molecule has 2 unspecified atom stereocenters. The summed E-state index contributed by atoms with van der Waals surface area (Å²) < 4.78 is 32.9. The fraction of sp³-hybridized carbons (Fsp3) is 0.696. The molecule has 0 aromatic heterocycles. The summed E-state index contributed by atoms with van der Waals surface area (Å²) in [5.74, 6) is -2.26. The van der Waals surface area contributed by atoms with Crippen LogP contribution in [0.3, 0.4) is 0 Å². The number of ether oxygens (including phenoxy) is 1. The van der Waals surface area contributed by atoms with Gasteiger partial charge in [-0.05, 0) is 48.8 Å². The van der Waals surface area contributed by atoms with Gasteiger partial charge in [-0.1, -0.05) is 18.2 Å². The second kappa shape index (κ2) is 7.12. The van der Waals surface area contributed by atoms with E-state index in [4.69, 9.17) is 15.5 Å². The molecular formula is C23H32F2N4O2. The molecule has 1 aromatic carbocycles. The normalized spacial score (nSPS) is 37.1. The summed E-state index contributed by atoms with van der Waals surface area (Å²) >= 11 is 0. The zero-order valence-corrected chi connectivity index (χ0v) is 18.3. The molecule has 2 heterocycles. The monoisotopic (exact) mass is 434 g/mol. The topological polar surface area (TPSA) is 74.3 Å². The molecule has 170 valence electrons. The number of nitrogens with zero attached hydrogens (tertiary/aromatic N) is 3. The Kier molecular flexibility index (Phi) is 4.84. The Hall–Kier alpha value is -1.77. The van der Waals surface area contributed by atoms with Crippen LogP contribution in [0.5, 0.6) is 0 Å². The molecule has 2 aliphatic heterocycles. The fourth-order valence-corrected chi connectivity index (χ4v) is 6.47. The second-order valence-corrected chi connectivity index (χ2v) is 9.92. The van der Waals surface area contributed by atoms with Crippen molar-refractivity contribution >= 4 is 5.96 Å². The minimum Gasteiger partial charge on any atom is -0.381 e. The Labute approximate surface area is 182 Å². The number of hydrogen-bond acceptors (Lipinski definition) is 6. The number of alkyl halides is 2. The summed E-state index contributed by atoms with van der Waals surface area (Å²) in [6, 6.07) is 6.23. The van der Waals surface area contributed by atoms with Crippen molar-refractivity contribution < 1.29 is 18.6 Å². The summed E-state index contributed by atoms with van der Waals surface area (Å²) in [5.41, 5.74) is 8.34. The molecule has 1 aromatic rings. The van der Waals surface area contributed by atoms with Crippen LogP contribution in [-0.2, 0) is 23.2 Å². The smallest absolute Gasteiger partial charge is 0.261 e. The Morgan fingerprint density at radius 1 is 1.26 bits per heavy atom. The van der Waals surface area contributed by atoms with E-state index in [1.807, 2.05) is 6.07 Å². The number of aliphatic hydroxyl groups is 1. The average molecular weight is 435 g/mol. The van der Waals surface area contributed by atoms with Gasteiger partial charge in [-0.2, -0.15) is 0 Å². The molecular weight excluding hydrogens is 402 g/mol. The van der Waals surface area contributed by atoms with Crippen LogP contribution in [0, 0.1) is 5.41 Å². The lowest BCUT2D eigenvalue weighted by atomic mass is 9.61. The van der Waals surface area contributed by atoms with Crippen LogP contribution >= 0.6 is 0 Å². The zero-order chi connectivity index (χ0) is 22.0. The molecule has 1 saturated heterocycles. The van der Waals surface area contributed by atoms with Crippen LogP contribution in [0.4, 0.5) is 8.78 Å². The van der Waals surface area contributed by atoms with Gasteiger partial charge in [0.25, 0.3) is 5.92 Å². The highest BCUT2D eigenvalue weighted by molar-refractivity contribution is 5.82. The predicted molar refractivity (Wildman–Crippen MR) is 114 cm³/mol. The quantitative estimate of drug-likeness (QED) is 0.765. The summed E-state index contributed by atoms with van der Waals surface area (Å²) in [6.07, 6.45) is 3.78. The van der Waals surface area contributed by atoms with Gasteiger partial charge in [0.15, 0.2) is 12.2 Å². The van der Waals surface area contributed by atoms with Crippen LogP contribution in [0.25, 0.3) is 0 Å². The lowest BCUT2D eigenvalue weighted by molar-refractivity contribution is -0.0768. The Bertz CT molecular complexity index is 900. The summed E-state index contributed by atoms with van der Waals surface area (Å²) in [4.78, 5) is 8.41. The molecule has 31 heavy (non-hydrogen) atoms. The first-order valence-electron chi connectivity index (χ1n) is 11.2. The second-order valence-electron chi connectivity index (χ2n) is 9.92. The number of likely N-dealkylation sites (N-methyl/N-ethyl adjacent to an activating group) is 1. The van der Waals surface area contributed by atoms with Crippen LogP contribution in [0.2, 0.25) is 0 Å². The van der Waals surface area contributed by atoms with Gasteiger partial charge in [0.1, 0.15) is 5.54 Å². The molecule has 2 fully saturated rings. The third-order valence-corrected chi connectivity index (χ3v) is 8.19. The van der Waals surface area contributed by atoms with Crippen molar-refractivity contribution in [3.05, 3.63) is 34.9 Å². The summed E-state index contributed by atoms with van der Waals surface area (Å²) in [5, 5.41) is 11.4. The minimum absolute atomic E-state index is 0.0873. The van der Waals surface area contributed by atoms with Crippen molar-refractivity contribution in [1.29, 1.82) is 0 Å². The molecule has 2 aliphatic carbocycles. The van der Waals surface area contributed by atoms with Crippen molar-refractivity contribution in [3.8, 4) is 0 Å². The van der Waals surface area contributed by atoms with Crippen molar-refractivity contribution in [1.82, 2.24) is 9.80 Å². The first-order chi connectivity index (χ1) is 14.7. The third kappa shape index (κ3) is 3.09. The summed E-state index contributed by atoms with van der Waals surface area (Å²) in [7, 11) is 3.53. The van der Waals surface area contributed by atoms with Gasteiger partial charge in [-0.15, -0.1) is 0 Å². The van der Waals surface area contributed by atoms with E-state index in [2.05, 4.69) is 12.1 Å². The number of aliphatic hydroxyl groups excluding tert-OH is 1. The highest BCUT2D eigenvalue weighted by Gasteiger charge is 2.65. The summed E-state index contributed by atoms with van der Waals surface area (Å²) in [6.45, 7) is 0.672. The number of benzene rings is 1. The molecule has 0 radical (unpaired) electrons. The Morgan fingerprint density at radius 3 is 2.58 bits per heavy atom. The molecule has 8 heteroatoms. The number of guanidine groups is 1. The number of nitrogens with two attached hydrogens (primary N) is 1. The molecule has 0 bridgehead atoms. The molecule has 2 atom stereocenters. The largest absolute Gasteiger partial charge is 0.381 e. The van der Waals surface area contributed by atoms with E-state index >= 15 is 0 Å². The highest BCUT2D eigenvalue weighted by atomic mass is 19.3. The van der Waals surface area contributed by atoms with Gasteiger partial charge < -0.3 is 20.5 Å². The van der Waals surface area contributed by atoms with E-state index in [1.165, 1.54) is 5.56 Å². The van der Waals surface area contributed by atoms with Crippen molar-refractivity contribution in [3.63, 3.8) is 0 Å². The van der Waals surface area contributed by atoms with Gasteiger partial charge in [0.2, 0.25) is 0 Å². The maximum absolute atomic E-state index is 13.7. The van der Waals surface area contributed by atoms with Crippen LogP contribution < -0.4 is 5.73 Å². The number of rotatable bonds is 3. The van der Waals surface area contributed by atoms with Crippen molar-refractivity contribution in [2.75, 3.05) is 27.2 Å². The molecule has 5 rings (SSSR count). The maximum Gasteiger partial charge on any atom is 0.261 e. The third-order valence-electron chi connectivity index (χ3n) is 8.19. The van der Waals surface area contributed by atoms with E-state index in [-0.39, 0.29) is 24.5 Å². The number of aliphatic imine (C=N–C) groups is 1. The van der Waals surface area contributed by atoms with Crippen LogP contribution in [-0.4, -0.2) is 66.4 Å². The molecule has 2 spiro atoms. The van der Waals surface area contributed by atoms with Crippen LogP contribution in [0.15, 0.2) is 23.2 Å². The molecule has 4 aliphatic rings.